The summed E-state index contributed by atoms with van der Waals surface area (Å²) in [4.78, 5) is 0. The second-order valence-corrected chi connectivity index (χ2v) is 5.56. The SMILES string of the molecule is Cc1cc(C)c(Oc2c(C)cc(C)cc2C)c(C)c1.P. The van der Waals surface area contributed by atoms with Crippen molar-refractivity contribution in [3.05, 3.63) is 57.6 Å². The highest BCUT2D eigenvalue weighted by atomic mass is 31.0. The number of benzene rings is 2. The van der Waals surface area contributed by atoms with Gasteiger partial charge in [0.15, 0.2) is 0 Å². The van der Waals surface area contributed by atoms with Gasteiger partial charge in [0.1, 0.15) is 11.5 Å². The first kappa shape index (κ1) is 16.7. The largest absolute Gasteiger partial charge is 0.456 e. The van der Waals surface area contributed by atoms with Crippen LogP contribution in [0.1, 0.15) is 33.4 Å². The predicted molar refractivity (Wildman–Crippen MR) is 92.5 cm³/mol. The average molecular weight is 288 g/mol. The van der Waals surface area contributed by atoms with Crippen LogP contribution in [0.4, 0.5) is 0 Å². The van der Waals surface area contributed by atoms with Gasteiger partial charge in [0, 0.05) is 0 Å². The van der Waals surface area contributed by atoms with Crippen molar-refractivity contribution in [1.29, 1.82) is 0 Å². The Bertz CT molecular complexity index is 528. The summed E-state index contributed by atoms with van der Waals surface area (Å²) in [6.07, 6.45) is 0. The molecule has 0 N–H and O–H groups in total. The molecule has 0 aliphatic rings. The molecule has 0 amide bonds. The molecule has 0 heterocycles. The molecule has 0 radical (unpaired) electrons. The van der Waals surface area contributed by atoms with Crippen molar-refractivity contribution in [3.8, 4) is 11.5 Å². The van der Waals surface area contributed by atoms with Gasteiger partial charge in [-0.1, -0.05) is 35.4 Å². The summed E-state index contributed by atoms with van der Waals surface area (Å²) < 4.78 is 6.21. The molecule has 0 aromatic heterocycles. The van der Waals surface area contributed by atoms with Gasteiger partial charge in [-0.15, -0.1) is 0 Å². The highest BCUT2D eigenvalue weighted by Crippen LogP contribution is 2.34. The lowest BCUT2D eigenvalue weighted by molar-refractivity contribution is 0.467. The second-order valence-electron chi connectivity index (χ2n) is 5.56. The Labute approximate surface area is 126 Å². The zero-order valence-corrected chi connectivity index (χ0v) is 14.8. The third-order valence-corrected chi connectivity index (χ3v) is 3.41. The van der Waals surface area contributed by atoms with E-state index in [4.69, 9.17) is 4.74 Å². The Balaban J connectivity index is 0.00000200. The molecule has 1 atom stereocenters. The first-order chi connectivity index (χ1) is 8.88. The van der Waals surface area contributed by atoms with Crippen molar-refractivity contribution in [2.75, 3.05) is 0 Å². The van der Waals surface area contributed by atoms with Crippen LogP contribution in [0.5, 0.6) is 11.5 Å². The van der Waals surface area contributed by atoms with Crippen molar-refractivity contribution in [1.82, 2.24) is 0 Å². The van der Waals surface area contributed by atoms with Gasteiger partial charge in [0.2, 0.25) is 0 Å². The van der Waals surface area contributed by atoms with Gasteiger partial charge >= 0.3 is 0 Å². The minimum absolute atomic E-state index is 0. The maximum absolute atomic E-state index is 6.21. The van der Waals surface area contributed by atoms with Gasteiger partial charge in [-0.3, -0.25) is 0 Å². The number of hydrogen-bond donors (Lipinski definition) is 0. The van der Waals surface area contributed by atoms with E-state index in [1.54, 1.807) is 0 Å². The Kier molecular flexibility index (Phi) is 5.36. The molecule has 0 spiro atoms. The van der Waals surface area contributed by atoms with Crippen LogP contribution in [0, 0.1) is 41.5 Å². The van der Waals surface area contributed by atoms with Gasteiger partial charge in [-0.25, -0.2) is 0 Å². The molecule has 2 rings (SSSR count). The first-order valence-corrected chi connectivity index (χ1v) is 6.72. The van der Waals surface area contributed by atoms with E-state index >= 15 is 0 Å². The normalized spacial score (nSPS) is 10.1. The molecule has 2 heteroatoms. The fourth-order valence-corrected chi connectivity index (χ4v) is 2.76. The van der Waals surface area contributed by atoms with Crippen LogP contribution in [-0.2, 0) is 0 Å². The number of aryl methyl sites for hydroxylation is 6. The smallest absolute Gasteiger partial charge is 0.133 e. The van der Waals surface area contributed by atoms with Crippen molar-refractivity contribution in [3.63, 3.8) is 0 Å². The van der Waals surface area contributed by atoms with Gasteiger partial charge in [0.25, 0.3) is 0 Å². The topological polar surface area (TPSA) is 9.23 Å². The maximum Gasteiger partial charge on any atom is 0.133 e. The van der Waals surface area contributed by atoms with Gasteiger partial charge in [-0.2, -0.15) is 9.90 Å². The van der Waals surface area contributed by atoms with E-state index in [1.807, 2.05) is 0 Å². The summed E-state index contributed by atoms with van der Waals surface area (Å²) >= 11 is 0. The predicted octanol–water partition coefficient (Wildman–Crippen LogP) is 5.39. The average Bonchev–Trinajstić information content (AvgIpc) is 2.25. The lowest BCUT2D eigenvalue weighted by Crippen LogP contribution is -1.96. The molecule has 108 valence electrons. The van der Waals surface area contributed by atoms with Crippen LogP contribution >= 0.6 is 9.90 Å². The summed E-state index contributed by atoms with van der Waals surface area (Å²) in [5.41, 5.74) is 7.32. The Morgan fingerprint density at radius 3 is 1.05 bits per heavy atom. The number of rotatable bonds is 2. The van der Waals surface area contributed by atoms with Crippen molar-refractivity contribution >= 4 is 9.90 Å². The monoisotopic (exact) mass is 288 g/mol. The van der Waals surface area contributed by atoms with Gasteiger partial charge in [0.05, 0.1) is 0 Å². The van der Waals surface area contributed by atoms with Crippen LogP contribution in [0.15, 0.2) is 24.3 Å². The molecule has 0 aliphatic heterocycles. The Morgan fingerprint density at radius 2 is 0.800 bits per heavy atom. The van der Waals surface area contributed by atoms with Crippen molar-refractivity contribution in [2.45, 2.75) is 41.5 Å². The molecule has 0 aliphatic carbocycles. The third kappa shape index (κ3) is 3.41. The van der Waals surface area contributed by atoms with Crippen molar-refractivity contribution in [2.24, 2.45) is 0 Å². The Hall–Kier alpha value is -1.33. The zero-order valence-electron chi connectivity index (χ0n) is 13.4. The van der Waals surface area contributed by atoms with Crippen LogP contribution in [0.2, 0.25) is 0 Å². The van der Waals surface area contributed by atoms with Gasteiger partial charge in [-0.05, 0) is 63.8 Å². The van der Waals surface area contributed by atoms with E-state index < -0.39 is 0 Å². The molecule has 0 saturated carbocycles. The van der Waals surface area contributed by atoms with Gasteiger partial charge < -0.3 is 4.74 Å². The molecular weight excluding hydrogens is 263 g/mol. The molecule has 2 aromatic rings. The third-order valence-electron chi connectivity index (χ3n) is 3.41. The molecule has 0 fully saturated rings. The summed E-state index contributed by atoms with van der Waals surface area (Å²) in [5, 5.41) is 0. The molecule has 2 aromatic carbocycles. The van der Waals surface area contributed by atoms with Crippen LogP contribution in [-0.4, -0.2) is 0 Å². The molecule has 1 unspecified atom stereocenters. The summed E-state index contributed by atoms with van der Waals surface area (Å²) in [6.45, 7) is 12.7. The summed E-state index contributed by atoms with van der Waals surface area (Å²) in [6, 6.07) is 8.67. The minimum Gasteiger partial charge on any atom is -0.456 e. The molecular formula is C18H25OP. The fourth-order valence-electron chi connectivity index (χ4n) is 2.76. The standard InChI is InChI=1S/C18H22O.H3P/c1-11-7-13(3)17(14(4)8-11)19-18-15(5)9-12(2)10-16(18)6;/h7-10H,1-6H3;1H3. The molecule has 0 bridgehead atoms. The lowest BCUT2D eigenvalue weighted by atomic mass is 10.0. The van der Waals surface area contributed by atoms with Crippen LogP contribution in [0.3, 0.4) is 0 Å². The van der Waals surface area contributed by atoms with Crippen molar-refractivity contribution < 1.29 is 4.74 Å². The van der Waals surface area contributed by atoms with E-state index in [9.17, 15) is 0 Å². The molecule has 1 nitrogen and oxygen atoms in total. The van der Waals surface area contributed by atoms with E-state index in [0.29, 0.717) is 0 Å². The summed E-state index contributed by atoms with van der Waals surface area (Å²) in [5.74, 6) is 1.97. The highest BCUT2D eigenvalue weighted by molar-refractivity contribution is 6.92. The summed E-state index contributed by atoms with van der Waals surface area (Å²) in [7, 11) is 0. The molecule has 20 heavy (non-hydrogen) atoms. The maximum atomic E-state index is 6.21. The Morgan fingerprint density at radius 1 is 0.550 bits per heavy atom. The molecule has 0 saturated heterocycles. The zero-order chi connectivity index (χ0) is 14.2. The highest BCUT2D eigenvalue weighted by Gasteiger charge is 2.10. The minimum atomic E-state index is 0. The first-order valence-electron chi connectivity index (χ1n) is 6.72. The number of ether oxygens (including phenoxy) is 1. The quantitative estimate of drug-likeness (QED) is 0.673. The van der Waals surface area contributed by atoms with E-state index in [1.165, 1.54) is 33.4 Å². The van der Waals surface area contributed by atoms with Crippen LogP contribution < -0.4 is 4.74 Å². The second kappa shape index (κ2) is 6.41. The van der Waals surface area contributed by atoms with E-state index in [2.05, 4.69) is 65.8 Å². The number of hydrogen-bond acceptors (Lipinski definition) is 1. The van der Waals surface area contributed by atoms with E-state index in [0.717, 1.165) is 11.5 Å². The van der Waals surface area contributed by atoms with E-state index in [-0.39, 0.29) is 9.90 Å². The van der Waals surface area contributed by atoms with Crippen LogP contribution in [0.25, 0.3) is 0 Å². The lowest BCUT2D eigenvalue weighted by Gasteiger charge is -2.17. The fraction of sp³-hybridized carbons (Fsp3) is 0.333.